The van der Waals surface area contributed by atoms with Crippen LogP contribution in [0.25, 0.3) is 0 Å². The fraction of sp³-hybridized carbons (Fsp3) is 0.233. The van der Waals surface area contributed by atoms with Gasteiger partial charge in [0.1, 0.15) is 11.9 Å². The van der Waals surface area contributed by atoms with Gasteiger partial charge in [-0.05, 0) is 60.0 Å². The van der Waals surface area contributed by atoms with Gasteiger partial charge in [-0.1, -0.05) is 78.0 Å². The third kappa shape index (κ3) is 9.38. The highest BCUT2D eigenvalue weighted by atomic mass is 35.5. The second kappa shape index (κ2) is 15.2. The van der Waals surface area contributed by atoms with E-state index in [2.05, 4.69) is 29.2 Å². The molecule has 3 aromatic rings. The average Bonchev–Trinajstić information content (AvgIpc) is 2.94. The molecule has 0 spiro atoms. The van der Waals surface area contributed by atoms with Crippen molar-refractivity contribution in [3.8, 4) is 5.75 Å². The van der Waals surface area contributed by atoms with Crippen molar-refractivity contribution in [2.24, 2.45) is 4.99 Å². The fourth-order valence-corrected chi connectivity index (χ4v) is 4.76. The molecule has 0 amide bonds. The topological polar surface area (TPSA) is 24.8 Å². The van der Waals surface area contributed by atoms with E-state index in [-0.39, 0.29) is 0 Å². The van der Waals surface area contributed by atoms with Gasteiger partial charge in [0, 0.05) is 29.4 Å². The third-order valence-electron chi connectivity index (χ3n) is 5.57. The highest BCUT2D eigenvalue weighted by Crippen LogP contribution is 2.28. The Morgan fingerprint density at radius 1 is 1.03 bits per heavy atom. The van der Waals surface area contributed by atoms with Crippen molar-refractivity contribution < 1.29 is 13.5 Å². The van der Waals surface area contributed by atoms with Gasteiger partial charge in [-0.2, -0.15) is 0 Å². The molecule has 0 aromatic heterocycles. The van der Waals surface area contributed by atoms with Crippen LogP contribution in [0.15, 0.2) is 113 Å². The van der Waals surface area contributed by atoms with Crippen LogP contribution in [0, 0.1) is 0 Å². The smallest absolute Gasteiger partial charge is 0.169 e. The quantitative estimate of drug-likeness (QED) is 0.163. The summed E-state index contributed by atoms with van der Waals surface area (Å²) >= 11 is 7.67. The van der Waals surface area contributed by atoms with E-state index in [0.717, 1.165) is 39.5 Å². The van der Waals surface area contributed by atoms with Gasteiger partial charge in [0.05, 0.1) is 20.0 Å². The summed E-state index contributed by atoms with van der Waals surface area (Å²) in [6, 6.07) is 26.3. The van der Waals surface area contributed by atoms with Crippen LogP contribution in [0.1, 0.15) is 17.5 Å². The molecule has 4 rings (SSSR count). The largest absolute Gasteiger partial charge is 0.497 e. The lowest BCUT2D eigenvalue weighted by molar-refractivity contribution is 0.400. The first-order valence-corrected chi connectivity index (χ1v) is 13.1. The monoisotopic (exact) mass is 540 g/mol. The predicted octanol–water partition coefficient (Wildman–Crippen LogP) is 8.31. The normalized spacial score (nSPS) is 14.9. The summed E-state index contributed by atoms with van der Waals surface area (Å²) in [5.74, 6) is 0.794. The number of aliphatic imine (C=N–C) groups is 1. The average molecular weight is 541 g/mol. The Labute approximate surface area is 227 Å². The Balaban J connectivity index is 0.00000186. The Kier molecular flexibility index (Phi) is 11.7. The number of methoxy groups -OCH3 is 1. The Morgan fingerprint density at radius 3 is 2.46 bits per heavy atom. The van der Waals surface area contributed by atoms with Crippen LogP contribution < -0.4 is 4.74 Å². The zero-order valence-corrected chi connectivity index (χ0v) is 22.6. The number of hydrogen-bond donors (Lipinski definition) is 0. The predicted molar refractivity (Wildman–Crippen MR) is 152 cm³/mol. The highest BCUT2D eigenvalue weighted by molar-refractivity contribution is 8.13. The number of ether oxygens (including phenoxy) is 1. The lowest BCUT2D eigenvalue weighted by Gasteiger charge is -2.26. The SMILES string of the molecule is CF.COc1cccc(SC(=NC2=CCC(F)C=C2)N(CCc2ccc(Cl)cc2)Cc2ccccc2)c1. The molecule has 3 nitrogen and oxygen atoms in total. The zero-order valence-electron chi connectivity index (χ0n) is 21.0. The molecule has 3 aromatic carbocycles. The molecule has 0 saturated carbocycles. The number of allylic oxidation sites excluding steroid dienone is 3. The highest BCUT2D eigenvalue weighted by Gasteiger charge is 2.17. The fourth-order valence-electron chi connectivity index (χ4n) is 3.67. The third-order valence-corrected chi connectivity index (χ3v) is 6.85. The number of alkyl halides is 2. The molecule has 0 heterocycles. The number of hydrogen-bond acceptors (Lipinski definition) is 3. The Morgan fingerprint density at radius 2 is 1.78 bits per heavy atom. The maximum Gasteiger partial charge on any atom is 0.169 e. The van der Waals surface area contributed by atoms with E-state index in [1.807, 2.05) is 60.7 Å². The molecular formula is C30H31ClF2N2OS. The minimum Gasteiger partial charge on any atom is -0.497 e. The van der Waals surface area contributed by atoms with Gasteiger partial charge >= 0.3 is 0 Å². The summed E-state index contributed by atoms with van der Waals surface area (Å²) in [6.07, 6.45) is 5.42. The molecule has 0 bridgehead atoms. The number of halogens is 3. The molecule has 1 atom stereocenters. The van der Waals surface area contributed by atoms with Crippen molar-refractivity contribution in [2.45, 2.75) is 30.5 Å². The van der Waals surface area contributed by atoms with E-state index in [0.29, 0.717) is 20.1 Å². The number of rotatable bonds is 8. The lowest BCUT2D eigenvalue weighted by atomic mass is 10.1. The summed E-state index contributed by atoms with van der Waals surface area (Å²) < 4.78 is 28.6. The Hall–Kier alpha value is -3.09. The second-order valence-electron chi connectivity index (χ2n) is 8.20. The number of benzene rings is 3. The van der Waals surface area contributed by atoms with Gasteiger partial charge in [-0.3, -0.25) is 4.39 Å². The molecule has 0 aliphatic heterocycles. The summed E-state index contributed by atoms with van der Waals surface area (Å²) in [5, 5.41) is 1.58. The number of amidine groups is 1. The second-order valence-corrected chi connectivity index (χ2v) is 9.68. The minimum atomic E-state index is -0.950. The summed E-state index contributed by atoms with van der Waals surface area (Å²) in [7, 11) is 2.16. The molecule has 0 fully saturated rings. The lowest BCUT2D eigenvalue weighted by Crippen LogP contribution is -2.31. The molecule has 194 valence electrons. The number of nitrogens with zero attached hydrogens (tertiary/aromatic N) is 2. The van der Waals surface area contributed by atoms with Crippen molar-refractivity contribution in [1.82, 2.24) is 4.90 Å². The summed E-state index contributed by atoms with van der Waals surface area (Å²) in [6.45, 7) is 1.46. The van der Waals surface area contributed by atoms with Crippen LogP contribution in [-0.4, -0.2) is 37.1 Å². The molecule has 1 unspecified atom stereocenters. The molecule has 1 aliphatic rings. The van der Waals surface area contributed by atoms with Gasteiger partial charge in [-0.25, -0.2) is 9.38 Å². The van der Waals surface area contributed by atoms with Crippen molar-refractivity contribution in [3.63, 3.8) is 0 Å². The van der Waals surface area contributed by atoms with Gasteiger partial charge < -0.3 is 9.64 Å². The summed E-state index contributed by atoms with van der Waals surface area (Å²) in [4.78, 5) is 8.30. The molecule has 7 heteroatoms. The standard InChI is InChI=1S/C29H28ClFN2OS.CH3F/c1-34-27-8-5-9-28(20-27)35-29(32-26-16-14-25(31)15-17-26)33(21-23-6-3-2-4-7-23)19-18-22-10-12-24(30)13-11-22;1-2/h2-14,16-17,20,25H,15,18-19,21H2,1H3;1H3. The van der Waals surface area contributed by atoms with E-state index in [1.54, 1.807) is 31.0 Å². The maximum atomic E-state index is 13.7. The van der Waals surface area contributed by atoms with Crippen LogP contribution in [0.2, 0.25) is 5.02 Å². The maximum absolute atomic E-state index is 13.7. The molecule has 37 heavy (non-hydrogen) atoms. The number of thioether (sulfide) groups is 1. The first-order valence-electron chi connectivity index (χ1n) is 11.9. The van der Waals surface area contributed by atoms with Gasteiger partial charge in [0.2, 0.25) is 0 Å². The van der Waals surface area contributed by atoms with E-state index < -0.39 is 6.17 Å². The molecule has 0 saturated heterocycles. The minimum absolute atomic E-state index is 0.343. The van der Waals surface area contributed by atoms with Gasteiger partial charge in [0.25, 0.3) is 0 Å². The summed E-state index contributed by atoms with van der Waals surface area (Å²) in [5.41, 5.74) is 3.17. The van der Waals surface area contributed by atoms with Crippen LogP contribution in [0.3, 0.4) is 0 Å². The van der Waals surface area contributed by atoms with Crippen molar-refractivity contribution in [3.05, 3.63) is 119 Å². The van der Waals surface area contributed by atoms with Crippen LogP contribution in [0.4, 0.5) is 8.78 Å². The van der Waals surface area contributed by atoms with E-state index >= 15 is 0 Å². The van der Waals surface area contributed by atoms with Gasteiger partial charge in [-0.15, -0.1) is 0 Å². The van der Waals surface area contributed by atoms with Crippen molar-refractivity contribution in [2.75, 3.05) is 20.8 Å². The van der Waals surface area contributed by atoms with Crippen LogP contribution in [0.5, 0.6) is 5.75 Å². The van der Waals surface area contributed by atoms with Gasteiger partial charge in [0.15, 0.2) is 5.17 Å². The van der Waals surface area contributed by atoms with Crippen LogP contribution >= 0.6 is 23.4 Å². The molecule has 0 N–H and O–H groups in total. The molecular weight excluding hydrogens is 510 g/mol. The van der Waals surface area contributed by atoms with Crippen LogP contribution in [-0.2, 0) is 13.0 Å². The van der Waals surface area contributed by atoms with Crippen molar-refractivity contribution in [1.29, 1.82) is 0 Å². The Bertz CT molecular complexity index is 1200. The first-order chi connectivity index (χ1) is 18.1. The van der Waals surface area contributed by atoms with E-state index in [9.17, 15) is 8.78 Å². The first kappa shape index (κ1) is 28.5. The zero-order chi connectivity index (χ0) is 26.5. The molecule has 1 aliphatic carbocycles. The van der Waals surface area contributed by atoms with E-state index in [4.69, 9.17) is 21.3 Å². The molecule has 0 radical (unpaired) electrons. The van der Waals surface area contributed by atoms with E-state index in [1.165, 1.54) is 11.1 Å². The van der Waals surface area contributed by atoms with Crippen molar-refractivity contribution >= 4 is 28.5 Å².